The van der Waals surface area contributed by atoms with Crippen molar-refractivity contribution in [2.24, 2.45) is 5.73 Å². The highest BCUT2D eigenvalue weighted by molar-refractivity contribution is 5.89. The molecule has 1 saturated heterocycles. The molecule has 1 fully saturated rings. The number of aromatic amines is 2. The summed E-state index contributed by atoms with van der Waals surface area (Å²) < 4.78 is 0. The summed E-state index contributed by atoms with van der Waals surface area (Å²) in [5.41, 5.74) is 6.71. The number of carbonyl (C=O) groups is 2. The van der Waals surface area contributed by atoms with E-state index in [1.54, 1.807) is 11.8 Å². The van der Waals surface area contributed by atoms with Crippen LogP contribution in [0.15, 0.2) is 4.79 Å². The Morgan fingerprint density at radius 1 is 1.30 bits per heavy atom. The van der Waals surface area contributed by atoms with Gasteiger partial charge in [-0.15, -0.1) is 0 Å². The summed E-state index contributed by atoms with van der Waals surface area (Å²) in [6.45, 7) is 7.09. The number of aryl methyl sites for hydroxylation is 1. The SMILES string of the molecule is CCN(CC)C(=O)[C@@H]1C[C@H](N)CN1C(=O)Cc1c(C)[nH][nH]c1=O. The van der Waals surface area contributed by atoms with Gasteiger partial charge in [0.15, 0.2) is 0 Å². The minimum Gasteiger partial charge on any atom is -0.341 e. The van der Waals surface area contributed by atoms with E-state index >= 15 is 0 Å². The molecule has 0 spiro atoms. The molecule has 8 heteroatoms. The second-order valence-corrected chi connectivity index (χ2v) is 5.93. The van der Waals surface area contributed by atoms with Crippen LogP contribution in [0, 0.1) is 6.92 Å². The number of hydrogen-bond acceptors (Lipinski definition) is 4. The Kier molecular flexibility index (Phi) is 5.25. The van der Waals surface area contributed by atoms with Crippen LogP contribution in [-0.4, -0.2) is 63.5 Å². The number of nitrogens with two attached hydrogens (primary N) is 1. The molecule has 2 atom stereocenters. The van der Waals surface area contributed by atoms with Gasteiger partial charge in [0.05, 0.1) is 6.42 Å². The number of carbonyl (C=O) groups excluding carboxylic acids is 2. The highest BCUT2D eigenvalue weighted by Gasteiger charge is 2.39. The predicted octanol–water partition coefficient (Wildman–Crippen LogP) is -0.649. The van der Waals surface area contributed by atoms with Crippen molar-refractivity contribution in [1.29, 1.82) is 0 Å². The molecule has 2 heterocycles. The van der Waals surface area contributed by atoms with Gasteiger partial charge in [0.1, 0.15) is 6.04 Å². The Morgan fingerprint density at radius 2 is 1.96 bits per heavy atom. The minimum absolute atomic E-state index is 0.0284. The third-order valence-corrected chi connectivity index (χ3v) is 4.43. The summed E-state index contributed by atoms with van der Waals surface area (Å²) in [6, 6.07) is -0.746. The molecule has 1 aliphatic heterocycles. The Hall–Kier alpha value is -2.09. The van der Waals surface area contributed by atoms with E-state index in [4.69, 9.17) is 5.73 Å². The Morgan fingerprint density at radius 3 is 2.48 bits per heavy atom. The normalized spacial score (nSPS) is 20.8. The smallest absolute Gasteiger partial charge is 0.267 e. The number of nitrogens with zero attached hydrogens (tertiary/aromatic N) is 2. The second kappa shape index (κ2) is 6.99. The van der Waals surface area contributed by atoms with Crippen LogP contribution in [0.4, 0.5) is 0 Å². The van der Waals surface area contributed by atoms with Crippen LogP contribution in [0.1, 0.15) is 31.5 Å². The maximum Gasteiger partial charge on any atom is 0.267 e. The van der Waals surface area contributed by atoms with Crippen LogP contribution in [0.25, 0.3) is 0 Å². The largest absolute Gasteiger partial charge is 0.341 e. The zero-order valence-electron chi connectivity index (χ0n) is 13.9. The first-order valence-electron chi connectivity index (χ1n) is 7.98. The summed E-state index contributed by atoms with van der Waals surface area (Å²) in [7, 11) is 0. The molecule has 1 aromatic rings. The van der Waals surface area contributed by atoms with Crippen LogP contribution in [0.5, 0.6) is 0 Å². The van der Waals surface area contributed by atoms with Crippen molar-refractivity contribution in [1.82, 2.24) is 20.0 Å². The van der Waals surface area contributed by atoms with E-state index < -0.39 is 6.04 Å². The van der Waals surface area contributed by atoms with Gasteiger partial charge in [-0.25, -0.2) is 0 Å². The molecule has 4 N–H and O–H groups in total. The number of nitrogens with one attached hydrogen (secondary N) is 2. The molecule has 1 aromatic heterocycles. The maximum atomic E-state index is 12.6. The van der Waals surface area contributed by atoms with Crippen molar-refractivity contribution in [3.63, 3.8) is 0 Å². The lowest BCUT2D eigenvalue weighted by molar-refractivity contribution is -0.143. The van der Waals surface area contributed by atoms with Crippen molar-refractivity contribution in [2.75, 3.05) is 19.6 Å². The van der Waals surface area contributed by atoms with E-state index in [1.807, 2.05) is 13.8 Å². The van der Waals surface area contributed by atoms with Gasteiger partial charge >= 0.3 is 0 Å². The third kappa shape index (κ3) is 3.47. The average Bonchev–Trinajstić information content (AvgIpc) is 3.05. The van der Waals surface area contributed by atoms with E-state index in [1.165, 1.54) is 4.90 Å². The summed E-state index contributed by atoms with van der Waals surface area (Å²) in [5.74, 6) is -0.312. The van der Waals surface area contributed by atoms with Gasteiger partial charge in [-0.1, -0.05) is 0 Å². The lowest BCUT2D eigenvalue weighted by Gasteiger charge is -2.28. The molecule has 1 aliphatic rings. The fourth-order valence-electron chi connectivity index (χ4n) is 3.06. The maximum absolute atomic E-state index is 12.6. The topological polar surface area (TPSA) is 115 Å². The van der Waals surface area contributed by atoms with Crippen LogP contribution >= 0.6 is 0 Å². The number of rotatable bonds is 5. The van der Waals surface area contributed by atoms with E-state index in [0.29, 0.717) is 37.3 Å². The van der Waals surface area contributed by atoms with E-state index in [2.05, 4.69) is 10.2 Å². The van der Waals surface area contributed by atoms with Gasteiger partial charge in [-0.3, -0.25) is 19.5 Å². The van der Waals surface area contributed by atoms with Gasteiger partial charge < -0.3 is 20.6 Å². The number of H-pyrrole nitrogens is 2. The Balaban J connectivity index is 2.17. The van der Waals surface area contributed by atoms with Gasteiger partial charge in [-0.2, -0.15) is 0 Å². The molecule has 2 rings (SSSR count). The fraction of sp³-hybridized carbons (Fsp3) is 0.667. The molecule has 0 bridgehead atoms. The molecule has 0 unspecified atom stereocenters. The van der Waals surface area contributed by atoms with Crippen LogP contribution in [0.3, 0.4) is 0 Å². The summed E-state index contributed by atoms with van der Waals surface area (Å²) in [5, 5.41) is 5.16. The van der Waals surface area contributed by atoms with Crippen LogP contribution < -0.4 is 11.3 Å². The van der Waals surface area contributed by atoms with Gasteiger partial charge in [0, 0.05) is 36.9 Å². The number of hydrogen-bond donors (Lipinski definition) is 3. The van der Waals surface area contributed by atoms with E-state index in [-0.39, 0.29) is 29.8 Å². The first-order chi connectivity index (χ1) is 10.9. The van der Waals surface area contributed by atoms with E-state index in [9.17, 15) is 14.4 Å². The lowest BCUT2D eigenvalue weighted by atomic mass is 10.1. The quantitative estimate of drug-likeness (QED) is 0.668. The summed E-state index contributed by atoms with van der Waals surface area (Å²) >= 11 is 0. The molecule has 0 aromatic carbocycles. The monoisotopic (exact) mass is 323 g/mol. The Labute approximate surface area is 135 Å². The standard InChI is InChI=1S/C15H25N5O3/c1-4-19(5-2)15(23)12-6-10(16)8-20(12)13(21)7-11-9(3)17-18-14(11)22/h10,12H,4-8,16H2,1-3H3,(H2,17,18,22)/t10-,12-/m0/s1. The second-order valence-electron chi connectivity index (χ2n) is 5.93. The number of likely N-dealkylation sites (N-methyl/N-ethyl adjacent to an activating group) is 1. The lowest BCUT2D eigenvalue weighted by Crippen LogP contribution is -2.48. The first-order valence-corrected chi connectivity index (χ1v) is 7.98. The van der Waals surface area contributed by atoms with Gasteiger partial charge in [0.25, 0.3) is 5.56 Å². The van der Waals surface area contributed by atoms with E-state index in [0.717, 1.165) is 0 Å². The fourth-order valence-corrected chi connectivity index (χ4v) is 3.06. The predicted molar refractivity (Wildman–Crippen MR) is 85.9 cm³/mol. The van der Waals surface area contributed by atoms with Crippen molar-refractivity contribution >= 4 is 11.8 Å². The third-order valence-electron chi connectivity index (χ3n) is 4.43. The van der Waals surface area contributed by atoms with Crippen molar-refractivity contribution in [2.45, 2.75) is 45.7 Å². The minimum atomic E-state index is -0.532. The van der Waals surface area contributed by atoms with Gasteiger partial charge in [0.2, 0.25) is 11.8 Å². The van der Waals surface area contributed by atoms with Crippen LogP contribution in [0.2, 0.25) is 0 Å². The number of aromatic nitrogens is 2. The van der Waals surface area contributed by atoms with Crippen LogP contribution in [-0.2, 0) is 16.0 Å². The first kappa shape index (κ1) is 17.3. The van der Waals surface area contributed by atoms with Gasteiger partial charge in [-0.05, 0) is 27.2 Å². The number of amides is 2. The molecule has 0 aliphatic carbocycles. The number of likely N-dealkylation sites (tertiary alicyclic amines) is 1. The molecule has 0 radical (unpaired) electrons. The van der Waals surface area contributed by atoms with Crippen molar-refractivity contribution < 1.29 is 9.59 Å². The molecule has 2 amide bonds. The molecule has 23 heavy (non-hydrogen) atoms. The highest BCUT2D eigenvalue weighted by Crippen LogP contribution is 2.20. The molecular weight excluding hydrogens is 298 g/mol. The van der Waals surface area contributed by atoms with Crippen molar-refractivity contribution in [3.8, 4) is 0 Å². The molecular formula is C15H25N5O3. The molecule has 0 saturated carbocycles. The zero-order valence-corrected chi connectivity index (χ0v) is 13.9. The molecule has 128 valence electrons. The summed E-state index contributed by atoms with van der Waals surface area (Å²) in [6.07, 6.45) is 0.433. The molecule has 8 nitrogen and oxygen atoms in total. The highest BCUT2D eigenvalue weighted by atomic mass is 16.2. The average molecular weight is 323 g/mol. The van der Waals surface area contributed by atoms with Crippen molar-refractivity contribution in [3.05, 3.63) is 21.6 Å². The summed E-state index contributed by atoms with van der Waals surface area (Å²) in [4.78, 5) is 40.2. The zero-order chi connectivity index (χ0) is 17.1. The Bertz CT molecular complexity index is 631.